The van der Waals surface area contributed by atoms with Gasteiger partial charge in [-0.25, -0.2) is 0 Å². The fraction of sp³-hybridized carbons (Fsp3) is 0.889. The highest BCUT2D eigenvalue weighted by molar-refractivity contribution is 5.07. The van der Waals surface area contributed by atoms with Crippen molar-refractivity contribution in [3.63, 3.8) is 0 Å². The summed E-state index contributed by atoms with van der Waals surface area (Å²) in [4.78, 5) is 0. The van der Waals surface area contributed by atoms with E-state index in [1.54, 1.807) is 0 Å². The zero-order valence-corrected chi connectivity index (χ0v) is 25.8. The zero-order chi connectivity index (χ0) is 26.5. The van der Waals surface area contributed by atoms with Gasteiger partial charge in [-0.3, -0.25) is 0 Å². The second kappa shape index (κ2) is 28.3. The molecule has 0 N–H and O–H groups in total. The van der Waals surface area contributed by atoms with Gasteiger partial charge in [0, 0.05) is 12.8 Å². The first-order chi connectivity index (χ1) is 18.4. The zero-order valence-electron chi connectivity index (χ0n) is 25.8. The molecule has 37 heavy (non-hydrogen) atoms. The molecule has 1 aromatic heterocycles. The number of aryl methyl sites for hydroxylation is 2. The fourth-order valence-corrected chi connectivity index (χ4v) is 5.68. The maximum absolute atomic E-state index is 6.11. The van der Waals surface area contributed by atoms with E-state index >= 15 is 0 Å². The molecule has 0 radical (unpaired) electrons. The van der Waals surface area contributed by atoms with Crippen LogP contribution in [0.3, 0.4) is 0 Å². The van der Waals surface area contributed by atoms with Crippen molar-refractivity contribution in [1.29, 1.82) is 0 Å². The Morgan fingerprint density at radius 1 is 0.324 bits per heavy atom. The van der Waals surface area contributed by atoms with Gasteiger partial charge in [0.25, 0.3) is 0 Å². The van der Waals surface area contributed by atoms with E-state index in [-0.39, 0.29) is 0 Å². The SMILES string of the molecule is CCCCCCCCCCCCCCCCc1ccc(CCCCCCCCCCCCCCCC)o1. The summed E-state index contributed by atoms with van der Waals surface area (Å²) >= 11 is 0. The molecule has 0 aliphatic carbocycles. The van der Waals surface area contributed by atoms with Gasteiger partial charge < -0.3 is 4.42 Å². The summed E-state index contributed by atoms with van der Waals surface area (Å²) in [6.45, 7) is 4.60. The monoisotopic (exact) mass is 517 g/mol. The summed E-state index contributed by atoms with van der Waals surface area (Å²) in [7, 11) is 0. The van der Waals surface area contributed by atoms with Crippen LogP contribution in [0.25, 0.3) is 0 Å². The Morgan fingerprint density at radius 2 is 0.541 bits per heavy atom. The van der Waals surface area contributed by atoms with Gasteiger partial charge in [-0.1, -0.05) is 181 Å². The Hall–Kier alpha value is -0.720. The van der Waals surface area contributed by atoms with E-state index in [9.17, 15) is 0 Å². The Morgan fingerprint density at radius 3 is 0.784 bits per heavy atom. The lowest BCUT2D eigenvalue weighted by molar-refractivity contribution is 0.444. The average molecular weight is 517 g/mol. The van der Waals surface area contributed by atoms with Crippen LogP contribution < -0.4 is 0 Å². The Balaban J connectivity index is 1.81. The van der Waals surface area contributed by atoms with E-state index in [2.05, 4.69) is 26.0 Å². The van der Waals surface area contributed by atoms with Crippen molar-refractivity contribution in [2.45, 2.75) is 206 Å². The summed E-state index contributed by atoms with van der Waals surface area (Å²) in [5.74, 6) is 2.44. The molecule has 0 saturated heterocycles. The summed E-state index contributed by atoms with van der Waals surface area (Å²) in [6, 6.07) is 4.47. The number of rotatable bonds is 30. The van der Waals surface area contributed by atoms with Gasteiger partial charge in [-0.05, 0) is 25.0 Å². The normalized spacial score (nSPS) is 11.5. The molecule has 0 fully saturated rings. The first-order valence-corrected chi connectivity index (χ1v) is 17.4. The first kappa shape index (κ1) is 34.3. The minimum atomic E-state index is 1.14. The van der Waals surface area contributed by atoms with E-state index in [0.29, 0.717) is 0 Å². The molecule has 1 aromatic rings. The molecule has 0 saturated carbocycles. The maximum atomic E-state index is 6.11. The van der Waals surface area contributed by atoms with Crippen LogP contribution in [0.5, 0.6) is 0 Å². The van der Waals surface area contributed by atoms with E-state index < -0.39 is 0 Å². The van der Waals surface area contributed by atoms with Crippen LogP contribution >= 0.6 is 0 Å². The maximum Gasteiger partial charge on any atom is 0.104 e. The van der Waals surface area contributed by atoms with E-state index in [1.165, 1.54) is 191 Å². The van der Waals surface area contributed by atoms with Crippen LogP contribution in [0.2, 0.25) is 0 Å². The van der Waals surface area contributed by atoms with Gasteiger partial charge in [0.2, 0.25) is 0 Å². The number of hydrogen-bond donors (Lipinski definition) is 0. The minimum Gasteiger partial charge on any atom is -0.466 e. The average Bonchev–Trinajstić information content (AvgIpc) is 3.36. The minimum absolute atomic E-state index is 1.14. The number of unbranched alkanes of at least 4 members (excludes halogenated alkanes) is 26. The third kappa shape index (κ3) is 24.1. The molecule has 0 unspecified atom stereocenters. The predicted octanol–water partition coefficient (Wildman–Crippen LogP) is 13.3. The van der Waals surface area contributed by atoms with Crippen molar-refractivity contribution in [3.05, 3.63) is 23.7 Å². The molecule has 218 valence electrons. The molecule has 0 aliphatic rings. The van der Waals surface area contributed by atoms with Gasteiger partial charge in [0.15, 0.2) is 0 Å². The quantitative estimate of drug-likeness (QED) is 0.0926. The molecule has 0 amide bonds. The van der Waals surface area contributed by atoms with E-state index in [0.717, 1.165) is 12.8 Å². The van der Waals surface area contributed by atoms with Crippen LogP contribution in [0.4, 0.5) is 0 Å². The Kier molecular flexibility index (Phi) is 26.2. The third-order valence-electron chi connectivity index (χ3n) is 8.27. The molecule has 0 aliphatic heterocycles. The highest BCUT2D eigenvalue weighted by Crippen LogP contribution is 2.18. The second-order valence-corrected chi connectivity index (χ2v) is 12.1. The molecular weight excluding hydrogens is 448 g/mol. The van der Waals surface area contributed by atoms with Crippen molar-refractivity contribution >= 4 is 0 Å². The third-order valence-corrected chi connectivity index (χ3v) is 8.27. The van der Waals surface area contributed by atoms with Crippen molar-refractivity contribution in [2.75, 3.05) is 0 Å². The fourth-order valence-electron chi connectivity index (χ4n) is 5.68. The molecule has 0 atom stereocenters. The van der Waals surface area contributed by atoms with Gasteiger partial charge in [-0.15, -0.1) is 0 Å². The van der Waals surface area contributed by atoms with E-state index in [1.807, 2.05) is 0 Å². The summed E-state index contributed by atoms with van der Waals surface area (Å²) in [6.07, 6.45) is 42.2. The van der Waals surface area contributed by atoms with Crippen molar-refractivity contribution in [2.24, 2.45) is 0 Å². The number of hydrogen-bond acceptors (Lipinski definition) is 1. The van der Waals surface area contributed by atoms with Crippen molar-refractivity contribution < 1.29 is 4.42 Å². The summed E-state index contributed by atoms with van der Waals surface area (Å²) in [5.41, 5.74) is 0. The van der Waals surface area contributed by atoms with Crippen LogP contribution in [0, 0.1) is 0 Å². The lowest BCUT2D eigenvalue weighted by Gasteiger charge is -2.03. The smallest absolute Gasteiger partial charge is 0.104 e. The van der Waals surface area contributed by atoms with Gasteiger partial charge >= 0.3 is 0 Å². The number of furan rings is 1. The molecule has 1 nitrogen and oxygen atoms in total. The topological polar surface area (TPSA) is 13.1 Å². The Labute approximate surface area is 234 Å². The van der Waals surface area contributed by atoms with E-state index in [4.69, 9.17) is 4.42 Å². The van der Waals surface area contributed by atoms with Crippen LogP contribution in [0.15, 0.2) is 16.5 Å². The van der Waals surface area contributed by atoms with Crippen LogP contribution in [-0.4, -0.2) is 0 Å². The lowest BCUT2D eigenvalue weighted by Crippen LogP contribution is -1.86. The van der Waals surface area contributed by atoms with Crippen LogP contribution in [0.1, 0.15) is 205 Å². The van der Waals surface area contributed by atoms with Crippen molar-refractivity contribution in [1.82, 2.24) is 0 Å². The standard InChI is InChI=1S/C36H68O/c1-3-5-7-9-11-13-15-17-19-21-23-25-27-29-31-35-33-34-36(37-35)32-30-28-26-24-22-20-18-16-14-12-10-8-6-4-2/h33-34H,3-32H2,1-2H3. The molecule has 1 heterocycles. The van der Waals surface area contributed by atoms with Crippen molar-refractivity contribution in [3.8, 4) is 0 Å². The molecular formula is C36H68O. The van der Waals surface area contributed by atoms with Crippen LogP contribution in [-0.2, 0) is 12.8 Å². The van der Waals surface area contributed by atoms with Gasteiger partial charge in [-0.2, -0.15) is 0 Å². The molecule has 0 spiro atoms. The highest BCUT2D eigenvalue weighted by Gasteiger charge is 2.03. The largest absolute Gasteiger partial charge is 0.466 e. The molecule has 0 aromatic carbocycles. The molecule has 1 heteroatoms. The second-order valence-electron chi connectivity index (χ2n) is 12.1. The first-order valence-electron chi connectivity index (χ1n) is 17.4. The van der Waals surface area contributed by atoms with Gasteiger partial charge in [0.05, 0.1) is 0 Å². The molecule has 0 bridgehead atoms. The lowest BCUT2D eigenvalue weighted by atomic mass is 10.0. The molecule has 1 rings (SSSR count). The highest BCUT2D eigenvalue weighted by atomic mass is 16.3. The van der Waals surface area contributed by atoms with Gasteiger partial charge in [0.1, 0.15) is 11.5 Å². The Bertz CT molecular complexity index is 498. The predicted molar refractivity (Wildman–Crippen MR) is 167 cm³/mol. The summed E-state index contributed by atoms with van der Waals surface area (Å²) in [5, 5.41) is 0. The summed E-state index contributed by atoms with van der Waals surface area (Å²) < 4.78 is 6.11.